The molecule has 0 saturated heterocycles. The Labute approximate surface area is 113 Å². The van der Waals surface area contributed by atoms with Gasteiger partial charge in [-0.15, -0.1) is 0 Å². The van der Waals surface area contributed by atoms with Crippen LogP contribution in [0.15, 0.2) is 42.6 Å². The number of hydrogen-bond acceptors (Lipinski definition) is 3. The molecular weight excluding hydrogens is 236 g/mol. The van der Waals surface area contributed by atoms with Crippen molar-refractivity contribution in [1.29, 1.82) is 0 Å². The fraction of sp³-hybridized carbons (Fsp3) is 0.312. The smallest absolute Gasteiger partial charge is 0.149 e. The van der Waals surface area contributed by atoms with E-state index >= 15 is 0 Å². The highest BCUT2D eigenvalue weighted by Crippen LogP contribution is 2.44. The Morgan fingerprint density at radius 1 is 1.16 bits per heavy atom. The van der Waals surface area contributed by atoms with E-state index in [0.29, 0.717) is 11.8 Å². The summed E-state index contributed by atoms with van der Waals surface area (Å²) < 4.78 is 6.06. The number of rotatable bonds is 2. The van der Waals surface area contributed by atoms with E-state index in [1.54, 1.807) is 0 Å². The molecule has 1 aromatic carbocycles. The van der Waals surface area contributed by atoms with Crippen molar-refractivity contribution in [2.45, 2.75) is 18.8 Å². The van der Waals surface area contributed by atoms with Crippen LogP contribution in [0.25, 0.3) is 0 Å². The predicted molar refractivity (Wildman–Crippen MR) is 75.8 cm³/mol. The number of likely N-dealkylation sites (N-methyl/N-ethyl adjacent to an activating group) is 1. The summed E-state index contributed by atoms with van der Waals surface area (Å²) in [5.41, 5.74) is 2.29. The van der Waals surface area contributed by atoms with Gasteiger partial charge in [0.05, 0.1) is 5.69 Å². The van der Waals surface area contributed by atoms with Crippen molar-refractivity contribution < 1.29 is 4.74 Å². The van der Waals surface area contributed by atoms with E-state index in [2.05, 4.69) is 29.4 Å². The molecule has 3 rings (SSSR count). The lowest BCUT2D eigenvalue weighted by Crippen LogP contribution is -2.22. The molecule has 3 nitrogen and oxygen atoms in total. The molecule has 1 N–H and O–H groups in total. The normalized spacial score (nSPS) is 20.9. The molecule has 2 heterocycles. The summed E-state index contributed by atoms with van der Waals surface area (Å²) in [5, 5.41) is 3.27. The molecule has 1 aromatic heterocycles. The van der Waals surface area contributed by atoms with E-state index in [9.17, 15) is 0 Å². The minimum atomic E-state index is 0.324. The summed E-state index contributed by atoms with van der Waals surface area (Å²) in [6.45, 7) is 3.14. The Balaban J connectivity index is 2.15. The Bertz CT molecular complexity index is 582. The maximum Gasteiger partial charge on any atom is 0.149 e. The molecule has 0 fully saturated rings. The zero-order valence-electron chi connectivity index (χ0n) is 11.3. The zero-order chi connectivity index (χ0) is 13.2. The van der Waals surface area contributed by atoms with Crippen LogP contribution in [-0.2, 0) is 0 Å². The van der Waals surface area contributed by atoms with Crippen LogP contribution in [0, 0.1) is 0 Å². The monoisotopic (exact) mass is 254 g/mol. The molecular formula is C16H18N2O. The molecule has 0 radical (unpaired) electrons. The molecule has 2 atom stereocenters. The number of fused-ring (bicyclic) bond motifs is 2. The maximum absolute atomic E-state index is 6.06. The summed E-state index contributed by atoms with van der Waals surface area (Å²) in [4.78, 5) is 4.55. The van der Waals surface area contributed by atoms with Crippen LogP contribution in [0.2, 0.25) is 0 Å². The third-order valence-corrected chi connectivity index (χ3v) is 3.81. The molecule has 1 aliphatic heterocycles. The van der Waals surface area contributed by atoms with Crippen molar-refractivity contribution in [3.05, 3.63) is 53.9 Å². The molecule has 1 aliphatic rings. The van der Waals surface area contributed by atoms with Crippen molar-refractivity contribution >= 4 is 0 Å². The third-order valence-electron chi connectivity index (χ3n) is 3.81. The lowest BCUT2D eigenvalue weighted by atomic mass is 9.85. The van der Waals surface area contributed by atoms with Gasteiger partial charge in [0.25, 0.3) is 0 Å². The third kappa shape index (κ3) is 2.10. The van der Waals surface area contributed by atoms with Gasteiger partial charge in [-0.2, -0.15) is 0 Å². The Morgan fingerprint density at radius 2 is 1.95 bits per heavy atom. The average molecular weight is 254 g/mol. The second kappa shape index (κ2) is 5.02. The number of pyridine rings is 1. The van der Waals surface area contributed by atoms with Crippen molar-refractivity contribution in [3.63, 3.8) is 0 Å². The summed E-state index contributed by atoms with van der Waals surface area (Å²) in [5.74, 6) is 2.52. The molecule has 0 bridgehead atoms. The first-order valence-electron chi connectivity index (χ1n) is 6.67. The number of aromatic nitrogens is 1. The number of para-hydroxylation sites is 1. The zero-order valence-corrected chi connectivity index (χ0v) is 11.3. The van der Waals surface area contributed by atoms with Crippen LogP contribution >= 0.6 is 0 Å². The lowest BCUT2D eigenvalue weighted by Gasteiger charge is -2.21. The summed E-state index contributed by atoms with van der Waals surface area (Å²) in [7, 11) is 1.98. The second-order valence-corrected chi connectivity index (χ2v) is 4.98. The minimum absolute atomic E-state index is 0.324. The molecule has 98 valence electrons. The fourth-order valence-corrected chi connectivity index (χ4v) is 2.78. The van der Waals surface area contributed by atoms with Gasteiger partial charge in [0.1, 0.15) is 11.5 Å². The van der Waals surface area contributed by atoms with Gasteiger partial charge in [0, 0.05) is 18.7 Å². The summed E-state index contributed by atoms with van der Waals surface area (Å²) >= 11 is 0. The van der Waals surface area contributed by atoms with E-state index in [1.807, 2.05) is 37.5 Å². The van der Waals surface area contributed by atoms with Crippen LogP contribution < -0.4 is 10.1 Å². The summed E-state index contributed by atoms with van der Waals surface area (Å²) in [6.07, 6.45) is 1.84. The largest absolute Gasteiger partial charge is 0.455 e. The molecule has 0 aliphatic carbocycles. The molecule has 2 aromatic rings. The van der Waals surface area contributed by atoms with Gasteiger partial charge < -0.3 is 10.1 Å². The summed E-state index contributed by atoms with van der Waals surface area (Å²) in [6, 6.07) is 12.2. The van der Waals surface area contributed by atoms with Gasteiger partial charge in [0.15, 0.2) is 0 Å². The van der Waals surface area contributed by atoms with E-state index < -0.39 is 0 Å². The highest BCUT2D eigenvalue weighted by molar-refractivity contribution is 5.46. The van der Waals surface area contributed by atoms with Crippen LogP contribution in [0.3, 0.4) is 0 Å². The number of nitrogens with one attached hydrogen (secondary N) is 1. The van der Waals surface area contributed by atoms with Gasteiger partial charge in [0.2, 0.25) is 0 Å². The van der Waals surface area contributed by atoms with E-state index in [-0.39, 0.29) is 0 Å². The van der Waals surface area contributed by atoms with Gasteiger partial charge in [-0.1, -0.05) is 25.1 Å². The number of benzene rings is 1. The van der Waals surface area contributed by atoms with Crippen molar-refractivity contribution in [2.75, 3.05) is 13.6 Å². The maximum atomic E-state index is 6.06. The standard InChI is InChI=1S/C16H18N2O/c1-11-12-6-3-4-7-14(12)19-15-8-5-9-18-16(15)13(11)10-17-2/h3-9,11,13,17H,10H2,1-2H3/t11-,13?/m0/s1. The fourth-order valence-electron chi connectivity index (χ4n) is 2.78. The molecule has 0 spiro atoms. The Hall–Kier alpha value is -1.87. The first-order chi connectivity index (χ1) is 9.31. The highest BCUT2D eigenvalue weighted by Gasteiger charge is 2.30. The second-order valence-electron chi connectivity index (χ2n) is 4.98. The van der Waals surface area contributed by atoms with Crippen LogP contribution in [0.5, 0.6) is 11.5 Å². The molecule has 0 saturated carbocycles. The van der Waals surface area contributed by atoms with E-state index in [4.69, 9.17) is 4.74 Å². The number of hydrogen-bond donors (Lipinski definition) is 1. The van der Waals surface area contributed by atoms with Crippen molar-refractivity contribution in [2.24, 2.45) is 0 Å². The van der Waals surface area contributed by atoms with Crippen LogP contribution in [0.4, 0.5) is 0 Å². The average Bonchev–Trinajstić information content (AvgIpc) is 2.56. The Morgan fingerprint density at radius 3 is 2.79 bits per heavy atom. The minimum Gasteiger partial charge on any atom is -0.455 e. The van der Waals surface area contributed by atoms with Crippen molar-refractivity contribution in [3.8, 4) is 11.5 Å². The SMILES string of the molecule is CNCC1c2ncccc2Oc2ccccc2[C@@H]1C. The van der Waals surface area contributed by atoms with Crippen LogP contribution in [0.1, 0.15) is 30.0 Å². The van der Waals surface area contributed by atoms with E-state index in [1.165, 1.54) is 5.56 Å². The molecule has 0 amide bonds. The Kier molecular flexibility index (Phi) is 3.22. The van der Waals surface area contributed by atoms with Crippen molar-refractivity contribution in [1.82, 2.24) is 10.3 Å². The predicted octanol–water partition coefficient (Wildman–Crippen LogP) is 3.29. The molecule has 1 unspecified atom stereocenters. The number of ether oxygens (including phenoxy) is 1. The number of nitrogens with zero attached hydrogens (tertiary/aromatic N) is 1. The highest BCUT2D eigenvalue weighted by atomic mass is 16.5. The van der Waals surface area contributed by atoms with Crippen LogP contribution in [-0.4, -0.2) is 18.6 Å². The lowest BCUT2D eigenvalue weighted by molar-refractivity contribution is 0.473. The quantitative estimate of drug-likeness (QED) is 0.893. The van der Waals surface area contributed by atoms with Gasteiger partial charge in [-0.25, -0.2) is 0 Å². The first kappa shape index (κ1) is 12.2. The first-order valence-corrected chi connectivity index (χ1v) is 6.67. The van der Waals surface area contributed by atoms with Gasteiger partial charge >= 0.3 is 0 Å². The van der Waals surface area contributed by atoms with E-state index in [0.717, 1.165) is 23.7 Å². The molecule has 19 heavy (non-hydrogen) atoms. The van der Waals surface area contributed by atoms with Gasteiger partial charge in [-0.05, 0) is 36.7 Å². The van der Waals surface area contributed by atoms with Gasteiger partial charge in [-0.3, -0.25) is 4.98 Å². The molecule has 3 heteroatoms. The topological polar surface area (TPSA) is 34.2 Å².